The smallest absolute Gasteiger partial charge is 0.303 e. The van der Waals surface area contributed by atoms with E-state index >= 15 is 0 Å². The van der Waals surface area contributed by atoms with Crippen molar-refractivity contribution in [1.82, 2.24) is 10.2 Å². The first-order chi connectivity index (χ1) is 8.40. The molecule has 1 amide bonds. The van der Waals surface area contributed by atoms with Crippen molar-refractivity contribution in [2.24, 2.45) is 11.3 Å². The van der Waals surface area contributed by atoms with Crippen molar-refractivity contribution < 1.29 is 14.7 Å². The van der Waals surface area contributed by atoms with Crippen LogP contribution in [0, 0.1) is 11.3 Å². The second-order valence-corrected chi connectivity index (χ2v) is 5.46. The number of carbonyl (C=O) groups is 2. The number of carbonyl (C=O) groups excluding carboxylic acids is 1. The SMILES string of the molecule is CC(C)C1(C(=O)N(C)CCCC(=O)O)CCNC1. The number of hydrogen-bond donors (Lipinski definition) is 2. The Labute approximate surface area is 109 Å². The van der Waals surface area contributed by atoms with E-state index in [0.29, 0.717) is 18.9 Å². The minimum atomic E-state index is -0.808. The van der Waals surface area contributed by atoms with Crippen molar-refractivity contribution in [1.29, 1.82) is 0 Å². The van der Waals surface area contributed by atoms with Crippen LogP contribution < -0.4 is 5.32 Å². The zero-order valence-electron chi connectivity index (χ0n) is 11.5. The highest BCUT2D eigenvalue weighted by Gasteiger charge is 2.45. The molecule has 0 saturated carbocycles. The maximum Gasteiger partial charge on any atom is 0.303 e. The number of nitrogens with one attached hydrogen (secondary N) is 1. The van der Waals surface area contributed by atoms with E-state index in [1.54, 1.807) is 11.9 Å². The lowest BCUT2D eigenvalue weighted by atomic mass is 9.75. The number of nitrogens with zero attached hydrogens (tertiary/aromatic N) is 1. The van der Waals surface area contributed by atoms with Crippen LogP contribution in [0.1, 0.15) is 33.1 Å². The second kappa shape index (κ2) is 6.18. The van der Waals surface area contributed by atoms with Gasteiger partial charge in [-0.25, -0.2) is 0 Å². The third kappa shape index (κ3) is 3.22. The highest BCUT2D eigenvalue weighted by molar-refractivity contribution is 5.83. The van der Waals surface area contributed by atoms with Crippen molar-refractivity contribution in [3.8, 4) is 0 Å². The van der Waals surface area contributed by atoms with Gasteiger partial charge in [0.05, 0.1) is 5.41 Å². The number of aliphatic carboxylic acids is 1. The van der Waals surface area contributed by atoms with E-state index in [0.717, 1.165) is 19.5 Å². The van der Waals surface area contributed by atoms with Gasteiger partial charge in [0.2, 0.25) is 5.91 Å². The van der Waals surface area contributed by atoms with Crippen molar-refractivity contribution in [3.63, 3.8) is 0 Å². The molecule has 1 unspecified atom stereocenters. The molecule has 5 heteroatoms. The van der Waals surface area contributed by atoms with Crippen LogP contribution in [-0.2, 0) is 9.59 Å². The molecular formula is C13H24N2O3. The first-order valence-electron chi connectivity index (χ1n) is 6.58. The van der Waals surface area contributed by atoms with Gasteiger partial charge in [-0.05, 0) is 25.3 Å². The van der Waals surface area contributed by atoms with Crippen LogP contribution in [0.5, 0.6) is 0 Å². The number of hydrogen-bond acceptors (Lipinski definition) is 3. The zero-order valence-corrected chi connectivity index (χ0v) is 11.5. The summed E-state index contributed by atoms with van der Waals surface area (Å²) in [5.41, 5.74) is -0.308. The lowest BCUT2D eigenvalue weighted by molar-refractivity contribution is -0.143. The molecule has 0 aromatic carbocycles. The monoisotopic (exact) mass is 256 g/mol. The first-order valence-corrected chi connectivity index (χ1v) is 6.58. The third-order valence-corrected chi connectivity index (χ3v) is 3.95. The fourth-order valence-corrected chi connectivity index (χ4v) is 2.58. The van der Waals surface area contributed by atoms with E-state index in [1.807, 2.05) is 0 Å². The van der Waals surface area contributed by atoms with E-state index < -0.39 is 5.97 Å². The van der Waals surface area contributed by atoms with Gasteiger partial charge in [-0.1, -0.05) is 13.8 Å². The van der Waals surface area contributed by atoms with Crippen molar-refractivity contribution >= 4 is 11.9 Å². The fourth-order valence-electron chi connectivity index (χ4n) is 2.58. The average Bonchev–Trinajstić information content (AvgIpc) is 2.77. The van der Waals surface area contributed by atoms with E-state index in [4.69, 9.17) is 5.11 Å². The number of rotatable bonds is 6. The molecule has 1 atom stereocenters. The van der Waals surface area contributed by atoms with Gasteiger partial charge in [0, 0.05) is 26.6 Å². The van der Waals surface area contributed by atoms with Gasteiger partial charge in [0.25, 0.3) is 0 Å². The predicted octanol–water partition coefficient (Wildman–Crippen LogP) is 0.945. The van der Waals surface area contributed by atoms with E-state index in [1.165, 1.54) is 0 Å². The van der Waals surface area contributed by atoms with Gasteiger partial charge in [0.1, 0.15) is 0 Å². The van der Waals surface area contributed by atoms with Gasteiger partial charge < -0.3 is 15.3 Å². The van der Waals surface area contributed by atoms with Gasteiger partial charge in [-0.3, -0.25) is 9.59 Å². The predicted molar refractivity (Wildman–Crippen MR) is 69.3 cm³/mol. The van der Waals surface area contributed by atoms with E-state index in [2.05, 4.69) is 19.2 Å². The lowest BCUT2D eigenvalue weighted by Gasteiger charge is -2.35. The van der Waals surface area contributed by atoms with Crippen LogP contribution >= 0.6 is 0 Å². The minimum absolute atomic E-state index is 0.116. The summed E-state index contributed by atoms with van der Waals surface area (Å²) in [6.45, 7) is 6.28. The summed E-state index contributed by atoms with van der Waals surface area (Å²) >= 11 is 0. The molecule has 1 rings (SSSR count). The maximum absolute atomic E-state index is 12.5. The molecule has 1 heterocycles. The van der Waals surface area contributed by atoms with E-state index in [-0.39, 0.29) is 17.7 Å². The minimum Gasteiger partial charge on any atom is -0.481 e. The standard InChI is InChI=1S/C13H24N2O3/c1-10(2)13(6-7-14-9-13)12(18)15(3)8-4-5-11(16)17/h10,14H,4-9H2,1-3H3,(H,16,17). The molecule has 0 radical (unpaired) electrons. The highest BCUT2D eigenvalue weighted by Crippen LogP contribution is 2.35. The summed E-state index contributed by atoms with van der Waals surface area (Å²) in [4.78, 5) is 24.7. The van der Waals surface area contributed by atoms with Crippen LogP contribution in [0.25, 0.3) is 0 Å². The van der Waals surface area contributed by atoms with Crippen LogP contribution in [0.2, 0.25) is 0 Å². The number of carboxylic acids is 1. The Balaban J connectivity index is 2.58. The van der Waals surface area contributed by atoms with Crippen LogP contribution in [-0.4, -0.2) is 48.6 Å². The molecule has 1 saturated heterocycles. The Morgan fingerprint density at radius 3 is 2.56 bits per heavy atom. The van der Waals surface area contributed by atoms with Crippen LogP contribution in [0.3, 0.4) is 0 Å². The van der Waals surface area contributed by atoms with E-state index in [9.17, 15) is 9.59 Å². The Kier molecular flexibility index (Phi) is 5.14. The van der Waals surface area contributed by atoms with Crippen LogP contribution in [0.15, 0.2) is 0 Å². The summed E-state index contributed by atoms with van der Waals surface area (Å²) in [5.74, 6) is -0.369. The molecule has 1 fully saturated rings. The van der Waals surface area contributed by atoms with Gasteiger partial charge in [0.15, 0.2) is 0 Å². The molecule has 0 aliphatic carbocycles. The molecule has 0 aromatic heterocycles. The van der Waals surface area contributed by atoms with Crippen LogP contribution in [0.4, 0.5) is 0 Å². The number of amides is 1. The zero-order chi connectivity index (χ0) is 13.8. The molecule has 104 valence electrons. The Morgan fingerprint density at radius 1 is 1.44 bits per heavy atom. The fraction of sp³-hybridized carbons (Fsp3) is 0.846. The summed E-state index contributed by atoms with van der Waals surface area (Å²) in [6.07, 6.45) is 1.50. The average molecular weight is 256 g/mol. The summed E-state index contributed by atoms with van der Waals surface area (Å²) in [7, 11) is 1.77. The summed E-state index contributed by atoms with van der Waals surface area (Å²) in [6, 6.07) is 0. The molecule has 18 heavy (non-hydrogen) atoms. The van der Waals surface area contributed by atoms with Crippen molar-refractivity contribution in [2.45, 2.75) is 33.1 Å². The van der Waals surface area contributed by atoms with Gasteiger partial charge in [-0.2, -0.15) is 0 Å². The second-order valence-electron chi connectivity index (χ2n) is 5.46. The Morgan fingerprint density at radius 2 is 2.11 bits per heavy atom. The maximum atomic E-state index is 12.5. The largest absolute Gasteiger partial charge is 0.481 e. The summed E-state index contributed by atoms with van der Waals surface area (Å²) in [5, 5.41) is 11.9. The third-order valence-electron chi connectivity index (χ3n) is 3.95. The quantitative estimate of drug-likeness (QED) is 0.742. The summed E-state index contributed by atoms with van der Waals surface area (Å²) < 4.78 is 0. The molecule has 0 spiro atoms. The molecule has 1 aliphatic rings. The lowest BCUT2D eigenvalue weighted by Crippen LogP contribution is -2.47. The van der Waals surface area contributed by atoms with Gasteiger partial charge >= 0.3 is 5.97 Å². The van der Waals surface area contributed by atoms with Crippen molar-refractivity contribution in [2.75, 3.05) is 26.7 Å². The molecule has 1 aliphatic heterocycles. The molecule has 2 N–H and O–H groups in total. The Bertz CT molecular complexity index is 309. The Hall–Kier alpha value is -1.10. The normalized spacial score (nSPS) is 23.3. The van der Waals surface area contributed by atoms with Gasteiger partial charge in [-0.15, -0.1) is 0 Å². The molecule has 5 nitrogen and oxygen atoms in total. The van der Waals surface area contributed by atoms with Crippen molar-refractivity contribution in [3.05, 3.63) is 0 Å². The molecule has 0 bridgehead atoms. The number of carboxylic acid groups (broad SMARTS) is 1. The topological polar surface area (TPSA) is 69.6 Å². The first kappa shape index (κ1) is 15.0. The molecule has 0 aromatic rings. The molecular weight excluding hydrogens is 232 g/mol. The highest BCUT2D eigenvalue weighted by atomic mass is 16.4.